The monoisotopic (exact) mass is 464 g/mol. The number of benzene rings is 2. The van der Waals surface area contributed by atoms with Crippen LogP contribution in [0.2, 0.25) is 0 Å². The fraction of sp³-hybridized carbons (Fsp3) is 0.458. The van der Waals surface area contributed by atoms with Crippen molar-refractivity contribution in [2.24, 2.45) is 5.92 Å². The molecule has 0 saturated heterocycles. The summed E-state index contributed by atoms with van der Waals surface area (Å²) in [6.45, 7) is 0.460. The number of rotatable bonds is 7. The maximum Gasteiger partial charge on any atom is 0.314 e. The van der Waals surface area contributed by atoms with Gasteiger partial charge in [-0.3, -0.25) is 4.79 Å². The lowest BCUT2D eigenvalue weighted by Gasteiger charge is -2.45. The van der Waals surface area contributed by atoms with Crippen LogP contribution in [0.5, 0.6) is 0 Å². The Balaban J connectivity index is 1.72. The molecule has 32 heavy (non-hydrogen) atoms. The first-order valence-electron chi connectivity index (χ1n) is 10.7. The van der Waals surface area contributed by atoms with E-state index < -0.39 is 38.5 Å². The van der Waals surface area contributed by atoms with E-state index in [0.717, 1.165) is 25.2 Å². The Morgan fingerprint density at radius 3 is 2.16 bits per heavy atom. The predicted octanol–water partition coefficient (Wildman–Crippen LogP) is 4.59. The van der Waals surface area contributed by atoms with Crippen molar-refractivity contribution in [1.29, 1.82) is 0 Å². The molecule has 172 valence electrons. The minimum atomic E-state index is -3.64. The molecular formula is C24H26F2O5S. The van der Waals surface area contributed by atoms with Crippen molar-refractivity contribution in [2.75, 3.05) is 12.9 Å². The van der Waals surface area contributed by atoms with E-state index in [0.29, 0.717) is 23.7 Å². The molecule has 1 N–H and O–H groups in total. The molecule has 0 heterocycles. The molecule has 0 radical (unpaired) electrons. The number of hydrogen-bond acceptors (Lipinski definition) is 4. The van der Waals surface area contributed by atoms with Gasteiger partial charge in [-0.05, 0) is 85.9 Å². The van der Waals surface area contributed by atoms with Gasteiger partial charge in [-0.25, -0.2) is 17.2 Å². The van der Waals surface area contributed by atoms with Gasteiger partial charge in [-0.15, -0.1) is 0 Å². The molecule has 0 atom stereocenters. The van der Waals surface area contributed by atoms with Crippen molar-refractivity contribution >= 4 is 15.8 Å². The molecule has 2 saturated carbocycles. The Kier molecular flexibility index (Phi) is 5.88. The Bertz CT molecular complexity index is 1120. The molecule has 5 nitrogen and oxygen atoms in total. The molecule has 0 unspecified atom stereocenters. The summed E-state index contributed by atoms with van der Waals surface area (Å²) >= 11 is 0. The number of aliphatic carboxylic acids is 1. The Hall–Kier alpha value is -2.32. The molecule has 0 bridgehead atoms. The highest BCUT2D eigenvalue weighted by molar-refractivity contribution is 7.90. The van der Waals surface area contributed by atoms with Crippen LogP contribution in [0.1, 0.15) is 49.7 Å². The lowest BCUT2D eigenvalue weighted by Crippen LogP contribution is -2.46. The summed E-state index contributed by atoms with van der Waals surface area (Å²) in [6.07, 6.45) is 4.05. The molecule has 2 fully saturated rings. The smallest absolute Gasteiger partial charge is 0.314 e. The van der Waals surface area contributed by atoms with Gasteiger partial charge in [0.25, 0.3) is 0 Å². The molecule has 2 aliphatic rings. The van der Waals surface area contributed by atoms with E-state index in [1.807, 2.05) is 0 Å². The summed E-state index contributed by atoms with van der Waals surface area (Å²) in [4.78, 5) is 12.2. The van der Waals surface area contributed by atoms with Crippen LogP contribution < -0.4 is 0 Å². The summed E-state index contributed by atoms with van der Waals surface area (Å²) in [5.41, 5.74) is -1.27. The van der Waals surface area contributed by atoms with Gasteiger partial charge in [0, 0.05) is 6.26 Å². The van der Waals surface area contributed by atoms with E-state index in [9.17, 15) is 27.1 Å². The summed E-state index contributed by atoms with van der Waals surface area (Å²) < 4.78 is 58.3. The molecule has 0 amide bonds. The zero-order chi connectivity index (χ0) is 23.1. The van der Waals surface area contributed by atoms with E-state index in [1.165, 1.54) is 36.4 Å². The molecule has 2 aromatic rings. The Morgan fingerprint density at radius 1 is 1.00 bits per heavy atom. The first-order valence-corrected chi connectivity index (χ1v) is 12.6. The molecule has 0 aromatic heterocycles. The SMILES string of the molecule is CS(=O)(=O)c1cc(F)cc(C2(OCC3CC3)CCC(C(=O)O)(c3ccc(F)cc3)CC2)c1. The molecule has 4 rings (SSSR count). The highest BCUT2D eigenvalue weighted by atomic mass is 32.2. The fourth-order valence-corrected chi connectivity index (χ4v) is 5.26. The standard InChI is InChI=1S/C24H26F2O5S/c1-32(29,30)21-13-18(12-20(26)14-21)24(31-15-16-2-3-16)10-8-23(9-11-24,22(27)28)17-4-6-19(25)7-5-17/h4-7,12-14,16H,2-3,8-11,15H2,1H3,(H,27,28). The van der Waals surface area contributed by atoms with E-state index in [2.05, 4.69) is 0 Å². The largest absolute Gasteiger partial charge is 0.481 e. The number of hydrogen-bond donors (Lipinski definition) is 1. The van der Waals surface area contributed by atoms with Gasteiger partial charge in [0.15, 0.2) is 9.84 Å². The lowest BCUT2D eigenvalue weighted by molar-refractivity contribution is -0.151. The summed E-state index contributed by atoms with van der Waals surface area (Å²) in [5, 5.41) is 10.1. The molecular weight excluding hydrogens is 438 g/mol. The number of carboxylic acids is 1. The number of carboxylic acid groups (broad SMARTS) is 1. The quantitative estimate of drug-likeness (QED) is 0.649. The number of halogens is 2. The zero-order valence-electron chi connectivity index (χ0n) is 17.8. The van der Waals surface area contributed by atoms with E-state index in [4.69, 9.17) is 4.74 Å². The number of sulfone groups is 1. The van der Waals surface area contributed by atoms with Crippen LogP contribution in [0.25, 0.3) is 0 Å². The topological polar surface area (TPSA) is 80.7 Å². The first kappa shape index (κ1) is 22.9. The van der Waals surface area contributed by atoms with Gasteiger partial charge in [0.2, 0.25) is 0 Å². The van der Waals surface area contributed by atoms with Gasteiger partial charge in [-0.2, -0.15) is 0 Å². The van der Waals surface area contributed by atoms with Crippen LogP contribution in [-0.4, -0.2) is 32.4 Å². The highest BCUT2D eigenvalue weighted by Gasteiger charge is 2.50. The normalized spacial score (nSPS) is 26.1. The van der Waals surface area contributed by atoms with E-state index in [-0.39, 0.29) is 30.6 Å². The summed E-state index contributed by atoms with van der Waals surface area (Å²) in [6, 6.07) is 9.18. The second-order valence-corrected chi connectivity index (χ2v) is 11.1. The van der Waals surface area contributed by atoms with Gasteiger partial charge in [0.05, 0.1) is 22.5 Å². The highest BCUT2D eigenvalue weighted by Crippen LogP contribution is 2.50. The van der Waals surface area contributed by atoms with Crippen molar-refractivity contribution in [1.82, 2.24) is 0 Å². The Labute approximate surface area is 186 Å². The predicted molar refractivity (Wildman–Crippen MR) is 114 cm³/mol. The molecule has 2 aliphatic carbocycles. The fourth-order valence-electron chi connectivity index (χ4n) is 4.59. The van der Waals surface area contributed by atoms with E-state index in [1.54, 1.807) is 0 Å². The third-order valence-corrected chi connectivity index (χ3v) is 7.93. The molecule has 2 aromatic carbocycles. The molecule has 0 aliphatic heterocycles. The summed E-state index contributed by atoms with van der Waals surface area (Å²) in [7, 11) is -3.64. The van der Waals surface area contributed by atoms with Gasteiger partial charge < -0.3 is 9.84 Å². The van der Waals surface area contributed by atoms with Crippen LogP contribution in [0, 0.1) is 17.6 Å². The van der Waals surface area contributed by atoms with Crippen LogP contribution in [0.15, 0.2) is 47.4 Å². The minimum absolute atomic E-state index is 0.129. The van der Waals surface area contributed by atoms with Crippen molar-refractivity contribution in [3.05, 3.63) is 65.2 Å². The van der Waals surface area contributed by atoms with Crippen LogP contribution in [0.3, 0.4) is 0 Å². The minimum Gasteiger partial charge on any atom is -0.481 e. The lowest BCUT2D eigenvalue weighted by atomic mass is 9.63. The second-order valence-electron chi connectivity index (χ2n) is 9.09. The number of ether oxygens (including phenoxy) is 1. The maximum absolute atomic E-state index is 14.4. The van der Waals surface area contributed by atoms with Crippen molar-refractivity contribution in [3.8, 4) is 0 Å². The molecule has 0 spiro atoms. The van der Waals surface area contributed by atoms with Gasteiger partial charge in [-0.1, -0.05) is 12.1 Å². The van der Waals surface area contributed by atoms with Crippen molar-refractivity contribution < 1.29 is 31.8 Å². The van der Waals surface area contributed by atoms with Crippen molar-refractivity contribution in [3.63, 3.8) is 0 Å². The average molecular weight is 465 g/mol. The van der Waals surface area contributed by atoms with Crippen LogP contribution in [0.4, 0.5) is 8.78 Å². The van der Waals surface area contributed by atoms with Gasteiger partial charge in [0.1, 0.15) is 11.6 Å². The van der Waals surface area contributed by atoms with Crippen LogP contribution >= 0.6 is 0 Å². The first-order chi connectivity index (χ1) is 15.0. The Morgan fingerprint density at radius 2 is 1.62 bits per heavy atom. The van der Waals surface area contributed by atoms with E-state index >= 15 is 0 Å². The zero-order valence-corrected chi connectivity index (χ0v) is 18.6. The average Bonchev–Trinajstić information content (AvgIpc) is 3.57. The third kappa shape index (κ3) is 4.43. The van der Waals surface area contributed by atoms with Crippen molar-refractivity contribution in [2.45, 2.75) is 54.4 Å². The second kappa shape index (κ2) is 8.23. The third-order valence-electron chi connectivity index (χ3n) is 6.84. The maximum atomic E-state index is 14.4. The van der Waals surface area contributed by atoms with Gasteiger partial charge >= 0.3 is 5.97 Å². The van der Waals surface area contributed by atoms with Crippen LogP contribution in [-0.2, 0) is 30.4 Å². The summed E-state index contributed by atoms with van der Waals surface area (Å²) in [5.74, 6) is -1.71. The molecule has 8 heteroatoms. The number of carbonyl (C=O) groups is 1.